The zero-order valence-corrected chi connectivity index (χ0v) is 18.0. The molecular formula is C22H39N2Si. The zero-order valence-electron chi connectivity index (χ0n) is 17.0. The number of hydrogen-bond donors (Lipinski definition) is 0. The smallest absolute Gasteiger partial charge is 0.114 e. The molecule has 0 heterocycles. The van der Waals surface area contributed by atoms with Gasteiger partial charge in [-0.3, -0.25) is 9.80 Å². The Labute approximate surface area is 158 Å². The molecule has 0 saturated carbocycles. The summed E-state index contributed by atoms with van der Waals surface area (Å²) in [6.07, 6.45) is 5.45. The van der Waals surface area contributed by atoms with Crippen LogP contribution in [0, 0.1) is 0 Å². The Kier molecular flexibility index (Phi) is 11.8. The van der Waals surface area contributed by atoms with Crippen LogP contribution in [-0.4, -0.2) is 50.9 Å². The minimum atomic E-state index is -0.740. The van der Waals surface area contributed by atoms with Crippen LogP contribution in [0.15, 0.2) is 42.6 Å². The first-order valence-electron chi connectivity index (χ1n) is 10.2. The maximum absolute atomic E-state index is 4.20. The van der Waals surface area contributed by atoms with Gasteiger partial charge in [0.05, 0.1) is 6.17 Å². The minimum absolute atomic E-state index is 0.548. The van der Waals surface area contributed by atoms with Crippen LogP contribution in [0.2, 0.25) is 6.04 Å². The van der Waals surface area contributed by atoms with Gasteiger partial charge in [0.2, 0.25) is 0 Å². The van der Waals surface area contributed by atoms with E-state index in [9.17, 15) is 0 Å². The van der Waals surface area contributed by atoms with Gasteiger partial charge in [0.15, 0.2) is 0 Å². The van der Waals surface area contributed by atoms with Crippen LogP contribution in [0.4, 0.5) is 0 Å². The molecule has 25 heavy (non-hydrogen) atoms. The largest absolute Gasteiger partial charge is 0.288 e. The maximum atomic E-state index is 4.20. The monoisotopic (exact) mass is 359 g/mol. The number of rotatable bonds is 14. The molecule has 1 rings (SSSR count). The van der Waals surface area contributed by atoms with Crippen LogP contribution in [-0.2, 0) is 0 Å². The summed E-state index contributed by atoms with van der Waals surface area (Å²) in [5.74, 6) is 0. The van der Waals surface area contributed by atoms with E-state index in [1.807, 2.05) is 0 Å². The molecule has 0 N–H and O–H groups in total. The van der Waals surface area contributed by atoms with Crippen molar-refractivity contribution in [3.63, 3.8) is 0 Å². The molecule has 0 amide bonds. The average Bonchev–Trinajstić information content (AvgIpc) is 2.63. The first-order chi connectivity index (χ1) is 12.2. The molecule has 141 valence electrons. The summed E-state index contributed by atoms with van der Waals surface area (Å²) >= 11 is 0. The molecule has 0 fully saturated rings. The lowest BCUT2D eigenvalue weighted by atomic mass is 10.2. The van der Waals surface area contributed by atoms with Gasteiger partial charge >= 0.3 is 0 Å². The lowest BCUT2D eigenvalue weighted by Gasteiger charge is -2.41. The number of benzene rings is 1. The van der Waals surface area contributed by atoms with E-state index >= 15 is 0 Å². The lowest BCUT2D eigenvalue weighted by Crippen LogP contribution is -2.52. The van der Waals surface area contributed by atoms with E-state index in [1.54, 1.807) is 0 Å². The molecule has 0 unspecified atom stereocenters. The van der Waals surface area contributed by atoms with Crippen molar-refractivity contribution in [2.24, 2.45) is 0 Å². The maximum Gasteiger partial charge on any atom is 0.114 e. The van der Waals surface area contributed by atoms with E-state index in [2.05, 4.69) is 80.1 Å². The van der Waals surface area contributed by atoms with Crippen LogP contribution in [0.1, 0.15) is 53.4 Å². The van der Waals surface area contributed by atoms with Gasteiger partial charge in [-0.05, 0) is 57.9 Å². The molecule has 0 spiro atoms. The van der Waals surface area contributed by atoms with E-state index in [4.69, 9.17) is 0 Å². The summed E-state index contributed by atoms with van der Waals surface area (Å²) in [6, 6.07) is 12.3. The highest BCUT2D eigenvalue weighted by atomic mass is 28.3. The fraction of sp³-hybridized carbons (Fsp3) is 0.636. The highest BCUT2D eigenvalue weighted by molar-refractivity contribution is 6.77. The van der Waals surface area contributed by atoms with Gasteiger partial charge in [-0.15, -0.1) is 6.58 Å². The normalized spacial score (nSPS) is 11.8. The third-order valence-corrected chi connectivity index (χ3v) is 7.05. The van der Waals surface area contributed by atoms with E-state index in [0.29, 0.717) is 6.17 Å². The van der Waals surface area contributed by atoms with E-state index in [0.717, 1.165) is 0 Å². The van der Waals surface area contributed by atoms with Crippen molar-refractivity contribution in [1.29, 1.82) is 0 Å². The summed E-state index contributed by atoms with van der Waals surface area (Å²) in [4.78, 5) is 5.48. The molecule has 1 radical (unpaired) electrons. The fourth-order valence-electron chi connectivity index (χ4n) is 3.63. The molecule has 0 aliphatic rings. The molecular weight excluding hydrogens is 320 g/mol. The summed E-state index contributed by atoms with van der Waals surface area (Å²) in [6.45, 7) is 18.2. The van der Waals surface area contributed by atoms with Gasteiger partial charge in [0, 0.05) is 0 Å². The van der Waals surface area contributed by atoms with Gasteiger partial charge in [0.25, 0.3) is 0 Å². The molecule has 1 aromatic carbocycles. The zero-order chi connectivity index (χ0) is 18.5. The van der Waals surface area contributed by atoms with Gasteiger partial charge in [0.1, 0.15) is 8.80 Å². The van der Waals surface area contributed by atoms with Gasteiger partial charge < -0.3 is 0 Å². The van der Waals surface area contributed by atoms with Crippen LogP contribution in [0.25, 0.3) is 0 Å². The highest BCUT2D eigenvalue weighted by Gasteiger charge is 2.27. The van der Waals surface area contributed by atoms with Crippen molar-refractivity contribution in [3.05, 3.63) is 42.6 Å². The van der Waals surface area contributed by atoms with Gasteiger partial charge in [-0.1, -0.05) is 68.9 Å². The van der Waals surface area contributed by atoms with E-state index < -0.39 is 8.80 Å². The van der Waals surface area contributed by atoms with E-state index in [-0.39, 0.29) is 0 Å². The summed E-state index contributed by atoms with van der Waals surface area (Å²) in [5, 5.41) is 1.49. The van der Waals surface area contributed by atoms with Gasteiger partial charge in [-0.25, -0.2) is 0 Å². The second-order valence-corrected chi connectivity index (χ2v) is 9.30. The van der Waals surface area contributed by atoms with E-state index in [1.165, 1.54) is 63.1 Å². The van der Waals surface area contributed by atoms with Crippen molar-refractivity contribution in [2.75, 3.05) is 26.2 Å². The van der Waals surface area contributed by atoms with Crippen molar-refractivity contribution in [1.82, 2.24) is 9.80 Å². The van der Waals surface area contributed by atoms with Crippen molar-refractivity contribution < 1.29 is 0 Å². The first kappa shape index (κ1) is 22.1. The summed E-state index contributed by atoms with van der Waals surface area (Å²) in [5.41, 5.74) is 2.25. The van der Waals surface area contributed by atoms with Crippen LogP contribution >= 0.6 is 0 Å². The Hall–Kier alpha value is -0.903. The lowest BCUT2D eigenvalue weighted by molar-refractivity contribution is 0.0541. The van der Waals surface area contributed by atoms with Crippen LogP contribution in [0.3, 0.4) is 0 Å². The molecule has 0 atom stereocenters. The Morgan fingerprint density at radius 3 is 1.64 bits per heavy atom. The first-order valence-corrected chi connectivity index (χ1v) is 12.0. The Morgan fingerprint density at radius 2 is 1.28 bits per heavy atom. The van der Waals surface area contributed by atoms with Crippen molar-refractivity contribution >= 4 is 14.0 Å². The topological polar surface area (TPSA) is 6.48 Å². The molecule has 0 saturated heterocycles. The summed E-state index contributed by atoms with van der Waals surface area (Å²) < 4.78 is 0. The molecule has 2 nitrogen and oxygen atoms in total. The molecule has 0 bridgehead atoms. The highest BCUT2D eigenvalue weighted by Crippen LogP contribution is 2.17. The Morgan fingerprint density at radius 1 is 0.840 bits per heavy atom. The molecule has 1 aromatic rings. The van der Waals surface area contributed by atoms with Crippen molar-refractivity contribution in [2.45, 2.75) is 65.6 Å². The van der Waals surface area contributed by atoms with Crippen molar-refractivity contribution in [3.8, 4) is 0 Å². The predicted octanol–water partition coefficient (Wildman–Crippen LogP) is 4.68. The average molecular weight is 360 g/mol. The predicted molar refractivity (Wildman–Crippen MR) is 115 cm³/mol. The quantitative estimate of drug-likeness (QED) is 0.351. The SMILES string of the molecule is C=C[Si](CC(N(CCC)CCC)N(CCC)CCC)c1ccccc1. The third kappa shape index (κ3) is 7.47. The standard InChI is InChI=1S/C22H39N2Si/c1-6-16-23(17-7-2)22(24(18-8-3)19-9-4)20-25(10-5)21-14-12-11-13-15-21/h10-15,22H,5-9,16-20H2,1-4H3. The second kappa shape index (κ2) is 13.3. The van der Waals surface area contributed by atoms with Gasteiger partial charge in [-0.2, -0.15) is 0 Å². The molecule has 0 aliphatic carbocycles. The number of hydrogen-bond acceptors (Lipinski definition) is 2. The third-order valence-electron chi connectivity index (χ3n) is 4.68. The second-order valence-electron chi connectivity index (χ2n) is 6.85. The van der Waals surface area contributed by atoms with Crippen LogP contribution in [0.5, 0.6) is 0 Å². The summed E-state index contributed by atoms with van der Waals surface area (Å²) in [7, 11) is -0.740. The molecule has 3 heteroatoms. The molecule has 0 aromatic heterocycles. The fourth-order valence-corrected chi connectivity index (χ4v) is 5.79. The Balaban J connectivity index is 3.06. The van der Waals surface area contributed by atoms with Crippen LogP contribution < -0.4 is 5.19 Å². The Bertz CT molecular complexity index is 421. The molecule has 0 aliphatic heterocycles. The minimum Gasteiger partial charge on any atom is -0.288 e. The number of nitrogens with zero attached hydrogens (tertiary/aromatic N) is 2.